The largest absolute Gasteiger partial charge is 0.494 e. The third-order valence-electron chi connectivity index (χ3n) is 3.88. The minimum absolute atomic E-state index is 0.0653. The van der Waals surface area contributed by atoms with Gasteiger partial charge in [0.15, 0.2) is 6.10 Å². The zero-order chi connectivity index (χ0) is 17.9. The molecular weight excluding hydrogens is 314 g/mol. The van der Waals surface area contributed by atoms with Crippen LogP contribution in [0, 0.1) is 0 Å². The molecule has 134 valence electrons. The Hall–Kier alpha value is -2.49. The van der Waals surface area contributed by atoms with E-state index in [9.17, 15) is 4.79 Å². The molecule has 1 atom stereocenters. The molecule has 0 saturated heterocycles. The SMILES string of the molecule is CCOc1ccccc1CCCNC(=O)[C@H](CC)Oc1ccccc1. The van der Waals surface area contributed by atoms with E-state index in [4.69, 9.17) is 9.47 Å². The van der Waals surface area contributed by atoms with Gasteiger partial charge in [-0.25, -0.2) is 0 Å². The molecule has 0 saturated carbocycles. The van der Waals surface area contributed by atoms with Gasteiger partial charge in [0.2, 0.25) is 0 Å². The Morgan fingerprint density at radius 1 is 1.04 bits per heavy atom. The van der Waals surface area contributed by atoms with Gasteiger partial charge >= 0.3 is 0 Å². The number of carbonyl (C=O) groups is 1. The molecule has 2 aromatic carbocycles. The molecular formula is C21H27NO3. The van der Waals surface area contributed by atoms with Crippen molar-refractivity contribution in [3.63, 3.8) is 0 Å². The number of ether oxygens (including phenoxy) is 2. The molecule has 0 radical (unpaired) electrons. The molecule has 0 bridgehead atoms. The Labute approximate surface area is 150 Å². The average Bonchev–Trinajstić information content (AvgIpc) is 2.65. The lowest BCUT2D eigenvalue weighted by atomic mass is 10.1. The van der Waals surface area contributed by atoms with Crippen molar-refractivity contribution in [2.24, 2.45) is 0 Å². The van der Waals surface area contributed by atoms with Crippen molar-refractivity contribution >= 4 is 5.91 Å². The number of benzene rings is 2. The molecule has 25 heavy (non-hydrogen) atoms. The Kier molecular flexibility index (Phi) is 7.83. The number of nitrogens with one attached hydrogen (secondary N) is 1. The number of rotatable bonds is 10. The van der Waals surface area contributed by atoms with Gasteiger partial charge < -0.3 is 14.8 Å². The first-order chi connectivity index (χ1) is 12.2. The van der Waals surface area contributed by atoms with E-state index in [-0.39, 0.29) is 5.91 Å². The molecule has 0 heterocycles. The standard InChI is InChI=1S/C21H27NO3/c1-3-19(25-18-13-6-5-7-14-18)21(23)22-16-10-12-17-11-8-9-15-20(17)24-4-2/h5-9,11,13-15,19H,3-4,10,12,16H2,1-2H3,(H,22,23)/t19-/m0/s1. The maximum absolute atomic E-state index is 12.3. The fourth-order valence-electron chi connectivity index (χ4n) is 2.60. The molecule has 2 rings (SSSR count). The third-order valence-corrected chi connectivity index (χ3v) is 3.88. The zero-order valence-electron chi connectivity index (χ0n) is 15.0. The first-order valence-electron chi connectivity index (χ1n) is 8.94. The van der Waals surface area contributed by atoms with Gasteiger partial charge in [0.25, 0.3) is 5.91 Å². The molecule has 0 aliphatic heterocycles. The average molecular weight is 341 g/mol. The molecule has 0 aliphatic carbocycles. The lowest BCUT2D eigenvalue weighted by molar-refractivity contribution is -0.128. The van der Waals surface area contributed by atoms with E-state index >= 15 is 0 Å². The molecule has 0 fully saturated rings. The van der Waals surface area contributed by atoms with Crippen LogP contribution in [0.25, 0.3) is 0 Å². The van der Waals surface area contributed by atoms with Gasteiger partial charge in [-0.1, -0.05) is 43.3 Å². The number of aryl methyl sites for hydroxylation is 1. The van der Waals surface area contributed by atoms with E-state index in [0.29, 0.717) is 19.6 Å². The lowest BCUT2D eigenvalue weighted by Gasteiger charge is -2.17. The summed E-state index contributed by atoms with van der Waals surface area (Å²) in [5, 5.41) is 2.97. The van der Waals surface area contributed by atoms with Gasteiger partial charge in [0.1, 0.15) is 11.5 Å². The topological polar surface area (TPSA) is 47.6 Å². The smallest absolute Gasteiger partial charge is 0.261 e. The van der Waals surface area contributed by atoms with Crippen LogP contribution < -0.4 is 14.8 Å². The Morgan fingerprint density at radius 2 is 1.76 bits per heavy atom. The maximum Gasteiger partial charge on any atom is 0.261 e. The summed E-state index contributed by atoms with van der Waals surface area (Å²) in [6.45, 7) is 5.21. The Morgan fingerprint density at radius 3 is 2.48 bits per heavy atom. The summed E-state index contributed by atoms with van der Waals surface area (Å²) in [5.74, 6) is 1.58. The van der Waals surface area contributed by atoms with Crippen molar-refractivity contribution in [3.05, 3.63) is 60.2 Å². The van der Waals surface area contributed by atoms with Crippen molar-refractivity contribution in [3.8, 4) is 11.5 Å². The highest BCUT2D eigenvalue weighted by Crippen LogP contribution is 2.19. The Balaban J connectivity index is 1.77. The number of para-hydroxylation sites is 2. The summed E-state index contributed by atoms with van der Waals surface area (Å²) in [7, 11) is 0. The monoisotopic (exact) mass is 341 g/mol. The van der Waals surface area contributed by atoms with Crippen LogP contribution in [0.4, 0.5) is 0 Å². The normalized spacial score (nSPS) is 11.6. The highest BCUT2D eigenvalue weighted by atomic mass is 16.5. The molecule has 0 aromatic heterocycles. The van der Waals surface area contributed by atoms with Crippen LogP contribution in [0.3, 0.4) is 0 Å². The number of hydrogen-bond acceptors (Lipinski definition) is 3. The quantitative estimate of drug-likeness (QED) is 0.665. The highest BCUT2D eigenvalue weighted by molar-refractivity contribution is 5.81. The fourth-order valence-corrected chi connectivity index (χ4v) is 2.60. The summed E-state index contributed by atoms with van der Waals surface area (Å²) in [6, 6.07) is 17.5. The van der Waals surface area contributed by atoms with E-state index in [1.54, 1.807) is 0 Å². The molecule has 0 spiro atoms. The third kappa shape index (κ3) is 6.14. The van der Waals surface area contributed by atoms with Gasteiger partial charge in [-0.3, -0.25) is 4.79 Å². The van der Waals surface area contributed by atoms with Crippen molar-refractivity contribution in [1.29, 1.82) is 0 Å². The van der Waals surface area contributed by atoms with Crippen LogP contribution in [0.5, 0.6) is 11.5 Å². The molecule has 0 aliphatic rings. The van der Waals surface area contributed by atoms with Crippen LogP contribution in [0.15, 0.2) is 54.6 Å². The van der Waals surface area contributed by atoms with Crippen LogP contribution in [0.1, 0.15) is 32.3 Å². The van der Waals surface area contributed by atoms with Gasteiger partial charge in [-0.15, -0.1) is 0 Å². The number of amides is 1. The molecule has 1 amide bonds. The summed E-state index contributed by atoms with van der Waals surface area (Å²) in [5.41, 5.74) is 1.17. The van der Waals surface area contributed by atoms with Crippen molar-refractivity contribution in [1.82, 2.24) is 5.32 Å². The van der Waals surface area contributed by atoms with Crippen molar-refractivity contribution in [2.75, 3.05) is 13.2 Å². The van der Waals surface area contributed by atoms with Crippen molar-refractivity contribution in [2.45, 2.75) is 39.2 Å². The maximum atomic E-state index is 12.3. The molecule has 1 N–H and O–H groups in total. The first-order valence-corrected chi connectivity index (χ1v) is 8.94. The first kappa shape index (κ1) is 18.8. The zero-order valence-corrected chi connectivity index (χ0v) is 15.0. The summed E-state index contributed by atoms with van der Waals surface area (Å²) >= 11 is 0. The predicted molar refractivity (Wildman–Crippen MR) is 100 cm³/mol. The second-order valence-corrected chi connectivity index (χ2v) is 5.76. The molecule has 4 heteroatoms. The van der Waals surface area contributed by atoms with Crippen LogP contribution in [0.2, 0.25) is 0 Å². The van der Waals surface area contributed by atoms with Gasteiger partial charge in [0, 0.05) is 6.54 Å². The fraction of sp³-hybridized carbons (Fsp3) is 0.381. The minimum Gasteiger partial charge on any atom is -0.494 e. The number of carbonyl (C=O) groups excluding carboxylic acids is 1. The summed E-state index contributed by atoms with van der Waals surface area (Å²) < 4.78 is 11.4. The van der Waals surface area contributed by atoms with Gasteiger partial charge in [-0.05, 0) is 49.9 Å². The number of hydrogen-bond donors (Lipinski definition) is 1. The van der Waals surface area contributed by atoms with Crippen LogP contribution >= 0.6 is 0 Å². The molecule has 4 nitrogen and oxygen atoms in total. The van der Waals surface area contributed by atoms with Gasteiger partial charge in [-0.2, -0.15) is 0 Å². The van der Waals surface area contributed by atoms with Crippen molar-refractivity contribution < 1.29 is 14.3 Å². The minimum atomic E-state index is -0.460. The van der Waals surface area contributed by atoms with E-state index in [1.165, 1.54) is 5.56 Å². The van der Waals surface area contributed by atoms with Crippen LogP contribution in [-0.2, 0) is 11.2 Å². The predicted octanol–water partition coefficient (Wildman–Crippen LogP) is 3.99. The molecule has 2 aromatic rings. The van der Waals surface area contributed by atoms with Crippen LogP contribution in [-0.4, -0.2) is 25.2 Å². The molecule has 0 unspecified atom stereocenters. The van der Waals surface area contributed by atoms with E-state index in [0.717, 1.165) is 24.3 Å². The second kappa shape index (κ2) is 10.4. The van der Waals surface area contributed by atoms with E-state index < -0.39 is 6.10 Å². The lowest BCUT2D eigenvalue weighted by Crippen LogP contribution is -2.38. The Bertz CT molecular complexity index is 643. The second-order valence-electron chi connectivity index (χ2n) is 5.76. The summed E-state index contributed by atoms with van der Waals surface area (Å²) in [4.78, 5) is 12.3. The van der Waals surface area contributed by atoms with E-state index in [2.05, 4.69) is 11.4 Å². The summed E-state index contributed by atoms with van der Waals surface area (Å²) in [6.07, 6.45) is 1.90. The highest BCUT2D eigenvalue weighted by Gasteiger charge is 2.17. The van der Waals surface area contributed by atoms with E-state index in [1.807, 2.05) is 62.4 Å². The van der Waals surface area contributed by atoms with Gasteiger partial charge in [0.05, 0.1) is 6.61 Å².